The second-order valence-electron chi connectivity index (χ2n) is 6.76. The van der Waals surface area contributed by atoms with Crippen LogP contribution in [0, 0.1) is 0 Å². The van der Waals surface area contributed by atoms with Crippen molar-refractivity contribution in [3.63, 3.8) is 0 Å². The summed E-state index contributed by atoms with van der Waals surface area (Å²) in [6.45, 7) is 4.37. The van der Waals surface area contributed by atoms with Crippen molar-refractivity contribution in [2.24, 2.45) is 0 Å². The van der Waals surface area contributed by atoms with Gasteiger partial charge in [0.2, 0.25) is 0 Å². The maximum Gasteiger partial charge on any atom is 0.170 e. The van der Waals surface area contributed by atoms with Crippen LogP contribution in [0.15, 0.2) is 18.2 Å². The number of hydrogen-bond acceptors (Lipinski definition) is 4. The molecule has 0 bridgehead atoms. The van der Waals surface area contributed by atoms with Crippen LogP contribution in [-0.2, 0) is 0 Å². The Labute approximate surface area is 126 Å². The Morgan fingerprint density at radius 3 is 2.81 bits per heavy atom. The van der Waals surface area contributed by atoms with Crippen LogP contribution in [0.4, 0.5) is 0 Å². The van der Waals surface area contributed by atoms with Gasteiger partial charge in [0.15, 0.2) is 5.72 Å². The summed E-state index contributed by atoms with van der Waals surface area (Å²) in [5.41, 5.74) is 1.06. The van der Waals surface area contributed by atoms with Crippen LogP contribution in [0.25, 0.3) is 0 Å². The summed E-state index contributed by atoms with van der Waals surface area (Å²) in [7, 11) is 2.19. The molecule has 1 saturated heterocycles. The van der Waals surface area contributed by atoms with E-state index >= 15 is 0 Å². The molecule has 1 aromatic rings. The van der Waals surface area contributed by atoms with E-state index < -0.39 is 0 Å². The molecule has 4 heteroatoms. The van der Waals surface area contributed by atoms with Crippen molar-refractivity contribution in [2.75, 3.05) is 33.2 Å². The number of piperazine rings is 1. The van der Waals surface area contributed by atoms with Gasteiger partial charge in [-0.1, -0.05) is 6.42 Å². The van der Waals surface area contributed by atoms with Crippen LogP contribution in [0.5, 0.6) is 11.5 Å². The first kappa shape index (κ1) is 13.4. The minimum atomic E-state index is -0.157. The first-order chi connectivity index (χ1) is 10.2. The quantitative estimate of drug-likeness (QED) is 0.861. The smallest absolute Gasteiger partial charge is 0.170 e. The third kappa shape index (κ3) is 2.04. The van der Waals surface area contributed by atoms with Gasteiger partial charge in [-0.25, -0.2) is 0 Å². The molecule has 0 spiro atoms. The van der Waals surface area contributed by atoms with Gasteiger partial charge in [-0.3, -0.25) is 4.90 Å². The molecule has 2 heterocycles. The van der Waals surface area contributed by atoms with Crippen LogP contribution in [0.2, 0.25) is 0 Å². The fourth-order valence-electron chi connectivity index (χ4n) is 4.37. The Morgan fingerprint density at radius 1 is 1.19 bits per heavy atom. The lowest BCUT2D eigenvalue weighted by atomic mass is 9.77. The second-order valence-corrected chi connectivity index (χ2v) is 6.76. The summed E-state index contributed by atoms with van der Waals surface area (Å²) in [5, 5.41) is 9.84. The fourth-order valence-corrected chi connectivity index (χ4v) is 4.37. The van der Waals surface area contributed by atoms with E-state index in [0.29, 0.717) is 11.7 Å². The molecule has 1 aromatic carbocycles. The molecule has 1 N–H and O–H groups in total. The number of phenols is 1. The van der Waals surface area contributed by atoms with Crippen molar-refractivity contribution in [3.05, 3.63) is 23.8 Å². The second kappa shape index (κ2) is 4.89. The van der Waals surface area contributed by atoms with Gasteiger partial charge >= 0.3 is 0 Å². The number of likely N-dealkylation sites (N-methyl/N-ethyl adjacent to an activating group) is 1. The summed E-state index contributed by atoms with van der Waals surface area (Å²) in [6, 6.07) is 5.61. The molecule has 114 valence electrons. The largest absolute Gasteiger partial charge is 0.508 e. The molecule has 2 atom stereocenters. The minimum Gasteiger partial charge on any atom is -0.508 e. The SMILES string of the molecule is CN1CCN(C23CCCCC2c2cc(O)ccc2O3)CC1. The Hall–Kier alpha value is -1.26. The average Bonchev–Trinajstić information content (AvgIpc) is 2.83. The van der Waals surface area contributed by atoms with Crippen molar-refractivity contribution < 1.29 is 9.84 Å². The number of aromatic hydroxyl groups is 1. The summed E-state index contributed by atoms with van der Waals surface area (Å²) in [4.78, 5) is 4.95. The summed E-state index contributed by atoms with van der Waals surface area (Å²) >= 11 is 0. The lowest BCUT2D eigenvalue weighted by Crippen LogP contribution is -2.61. The number of fused-ring (bicyclic) bond motifs is 3. The molecule has 0 amide bonds. The maximum absolute atomic E-state index is 9.84. The van der Waals surface area contributed by atoms with Crippen molar-refractivity contribution in [3.8, 4) is 11.5 Å². The number of rotatable bonds is 1. The molecule has 3 aliphatic rings. The van der Waals surface area contributed by atoms with E-state index in [0.717, 1.165) is 38.3 Å². The number of benzene rings is 1. The van der Waals surface area contributed by atoms with E-state index in [1.807, 2.05) is 12.1 Å². The van der Waals surface area contributed by atoms with Crippen LogP contribution in [0.1, 0.15) is 37.2 Å². The molecule has 21 heavy (non-hydrogen) atoms. The predicted octanol–water partition coefficient (Wildman–Crippen LogP) is 2.39. The zero-order valence-electron chi connectivity index (χ0n) is 12.7. The molecule has 2 fully saturated rings. The Balaban J connectivity index is 1.70. The molecule has 2 aliphatic heterocycles. The zero-order valence-corrected chi connectivity index (χ0v) is 12.7. The Morgan fingerprint density at radius 2 is 2.00 bits per heavy atom. The lowest BCUT2D eigenvalue weighted by molar-refractivity contribution is -0.121. The van der Waals surface area contributed by atoms with Crippen LogP contribution < -0.4 is 4.74 Å². The van der Waals surface area contributed by atoms with E-state index in [9.17, 15) is 5.11 Å². The minimum absolute atomic E-state index is 0.157. The lowest BCUT2D eigenvalue weighted by Gasteiger charge is -2.49. The third-order valence-corrected chi connectivity index (χ3v) is 5.52. The Bertz CT molecular complexity index is 540. The van der Waals surface area contributed by atoms with E-state index in [2.05, 4.69) is 16.8 Å². The number of ether oxygens (including phenoxy) is 1. The maximum atomic E-state index is 9.84. The van der Waals surface area contributed by atoms with Crippen LogP contribution >= 0.6 is 0 Å². The highest BCUT2D eigenvalue weighted by Crippen LogP contribution is 2.54. The first-order valence-electron chi connectivity index (χ1n) is 8.14. The average molecular weight is 288 g/mol. The number of phenolic OH excluding ortho intramolecular Hbond substituents is 1. The van der Waals surface area contributed by atoms with E-state index in [-0.39, 0.29) is 5.72 Å². The number of hydrogen-bond donors (Lipinski definition) is 1. The van der Waals surface area contributed by atoms with Crippen molar-refractivity contribution >= 4 is 0 Å². The van der Waals surface area contributed by atoms with E-state index in [4.69, 9.17) is 4.74 Å². The van der Waals surface area contributed by atoms with Crippen LogP contribution in [0.3, 0.4) is 0 Å². The first-order valence-corrected chi connectivity index (χ1v) is 8.14. The number of nitrogens with zero attached hydrogens (tertiary/aromatic N) is 2. The molecule has 4 rings (SSSR count). The van der Waals surface area contributed by atoms with Crippen molar-refractivity contribution in [1.82, 2.24) is 9.80 Å². The molecular weight excluding hydrogens is 264 g/mol. The standard InChI is InChI=1S/C17H24N2O2/c1-18-8-10-19(11-9-18)17-7-3-2-4-15(17)14-12-13(20)5-6-16(14)21-17/h5-6,12,15,20H,2-4,7-11H2,1H3. The van der Waals surface area contributed by atoms with Gasteiger partial charge in [0.05, 0.1) is 0 Å². The summed E-state index contributed by atoms with van der Waals surface area (Å²) < 4.78 is 6.52. The van der Waals surface area contributed by atoms with Gasteiger partial charge in [-0.05, 0) is 38.1 Å². The molecule has 2 unspecified atom stereocenters. The third-order valence-electron chi connectivity index (χ3n) is 5.52. The van der Waals surface area contributed by atoms with E-state index in [1.54, 1.807) is 6.07 Å². The van der Waals surface area contributed by atoms with Gasteiger partial charge in [-0.2, -0.15) is 0 Å². The summed E-state index contributed by atoms with van der Waals surface area (Å²) in [6.07, 6.45) is 4.78. The van der Waals surface area contributed by atoms with Gasteiger partial charge in [0.25, 0.3) is 0 Å². The molecule has 4 nitrogen and oxygen atoms in total. The molecular formula is C17H24N2O2. The topological polar surface area (TPSA) is 35.9 Å². The molecule has 0 aromatic heterocycles. The zero-order chi connectivity index (χ0) is 14.4. The van der Waals surface area contributed by atoms with Gasteiger partial charge in [0.1, 0.15) is 11.5 Å². The van der Waals surface area contributed by atoms with Crippen molar-refractivity contribution in [2.45, 2.75) is 37.3 Å². The normalized spacial score (nSPS) is 33.3. The predicted molar refractivity (Wildman–Crippen MR) is 81.7 cm³/mol. The highest BCUT2D eigenvalue weighted by atomic mass is 16.5. The van der Waals surface area contributed by atoms with Crippen molar-refractivity contribution in [1.29, 1.82) is 0 Å². The monoisotopic (exact) mass is 288 g/mol. The van der Waals surface area contributed by atoms with Gasteiger partial charge in [0, 0.05) is 44.1 Å². The molecule has 0 radical (unpaired) electrons. The van der Waals surface area contributed by atoms with E-state index in [1.165, 1.54) is 24.8 Å². The summed E-state index contributed by atoms with van der Waals surface area (Å²) in [5.74, 6) is 1.76. The van der Waals surface area contributed by atoms with Gasteiger partial charge in [-0.15, -0.1) is 0 Å². The molecule has 1 aliphatic carbocycles. The highest BCUT2D eigenvalue weighted by Gasteiger charge is 2.53. The fraction of sp³-hybridized carbons (Fsp3) is 0.647. The molecule has 1 saturated carbocycles. The van der Waals surface area contributed by atoms with Crippen LogP contribution in [-0.4, -0.2) is 53.9 Å². The highest BCUT2D eigenvalue weighted by molar-refractivity contribution is 5.47. The Kier molecular flexibility index (Phi) is 3.12. The van der Waals surface area contributed by atoms with Gasteiger partial charge < -0.3 is 14.7 Å².